The van der Waals surface area contributed by atoms with Crippen LogP contribution in [-0.2, 0) is 16.0 Å². The molecular formula is C34H46O3. The van der Waals surface area contributed by atoms with Gasteiger partial charge in [-0.15, -0.1) is 0 Å². The third kappa shape index (κ3) is 4.44. The molecule has 0 radical (unpaired) electrons. The van der Waals surface area contributed by atoms with Crippen LogP contribution in [0.3, 0.4) is 0 Å². The first kappa shape index (κ1) is 25.4. The van der Waals surface area contributed by atoms with Gasteiger partial charge in [0.2, 0.25) is 0 Å². The lowest BCUT2D eigenvalue weighted by atomic mass is 9.47. The van der Waals surface area contributed by atoms with Gasteiger partial charge >= 0.3 is 5.97 Å². The number of fused-ring (bicyclic) bond motifs is 5. The third-order valence-corrected chi connectivity index (χ3v) is 12.0. The molecule has 0 saturated heterocycles. The largest absolute Gasteiger partial charge is 0.459 e. The van der Waals surface area contributed by atoms with E-state index in [0.717, 1.165) is 56.3 Å². The van der Waals surface area contributed by atoms with Crippen molar-refractivity contribution in [3.63, 3.8) is 0 Å². The summed E-state index contributed by atoms with van der Waals surface area (Å²) in [7, 11) is 0. The molecule has 1 aromatic carbocycles. The Bertz CT molecular complexity index is 1070. The molecule has 5 aliphatic rings. The van der Waals surface area contributed by atoms with E-state index in [1.54, 1.807) is 11.6 Å². The van der Waals surface area contributed by atoms with Crippen molar-refractivity contribution in [2.75, 3.05) is 0 Å². The number of allylic oxidation sites excluding steroid dienone is 1. The maximum absolute atomic E-state index is 12.6. The van der Waals surface area contributed by atoms with Gasteiger partial charge in [0.25, 0.3) is 0 Å². The van der Waals surface area contributed by atoms with Gasteiger partial charge in [-0.2, -0.15) is 0 Å². The smallest absolute Gasteiger partial charge is 0.330 e. The molecule has 0 unspecified atom stereocenters. The summed E-state index contributed by atoms with van der Waals surface area (Å²) >= 11 is 0. The fourth-order valence-electron chi connectivity index (χ4n) is 9.93. The molecule has 0 spiro atoms. The summed E-state index contributed by atoms with van der Waals surface area (Å²) in [6, 6.07) is 10.6. The number of hydrogen-bond acceptors (Lipinski definition) is 3. The average Bonchev–Trinajstić information content (AvgIpc) is 3.25. The normalized spacial score (nSPS) is 42.0. The van der Waals surface area contributed by atoms with E-state index >= 15 is 0 Å². The van der Waals surface area contributed by atoms with Crippen LogP contribution < -0.4 is 0 Å². The number of cyclic esters (lactones) is 1. The highest BCUT2D eigenvalue weighted by atomic mass is 16.5. The van der Waals surface area contributed by atoms with Crippen LogP contribution in [0, 0.1) is 40.4 Å². The Balaban J connectivity index is 1.15. The fraction of sp³-hybridized carbons (Fsp3) is 0.676. The lowest BCUT2D eigenvalue weighted by Crippen LogP contribution is -2.51. The molecule has 1 heterocycles. The minimum atomic E-state index is -0.133. The molecule has 1 N–H and O–H groups in total. The van der Waals surface area contributed by atoms with Crippen LogP contribution >= 0.6 is 0 Å². The molecule has 3 fully saturated rings. The van der Waals surface area contributed by atoms with Gasteiger partial charge < -0.3 is 9.84 Å². The molecule has 6 rings (SSSR count). The molecule has 0 amide bonds. The van der Waals surface area contributed by atoms with E-state index in [-0.39, 0.29) is 18.2 Å². The monoisotopic (exact) mass is 502 g/mol. The second-order valence-corrected chi connectivity index (χ2v) is 13.7. The predicted octanol–water partition coefficient (Wildman–Crippen LogP) is 7.44. The van der Waals surface area contributed by atoms with Crippen molar-refractivity contribution >= 4 is 5.97 Å². The van der Waals surface area contributed by atoms with E-state index in [0.29, 0.717) is 22.7 Å². The first-order chi connectivity index (χ1) is 17.8. The van der Waals surface area contributed by atoms with Gasteiger partial charge in [-0.3, -0.25) is 0 Å². The standard InChI is InChI=1S/C34H46O3/c1-22(31-19-24(20-32(36)37-31)10-9-23-7-5-4-6-8-23)28-13-14-29-27-12-11-25-21-26(35)15-17-33(25,2)30(27)16-18-34(28,29)3/h4-8,11,20,22,26-31,35H,9-10,12-19,21H2,1-3H3/t22-,26-,27-,28+,29-,30-,31+,33-,34+/m0/s1. The van der Waals surface area contributed by atoms with Crippen LogP contribution in [0.25, 0.3) is 0 Å². The Kier molecular flexibility index (Phi) is 6.66. The van der Waals surface area contributed by atoms with E-state index in [1.165, 1.54) is 43.2 Å². The quantitative estimate of drug-likeness (QED) is 0.336. The summed E-state index contributed by atoms with van der Waals surface area (Å²) in [5, 5.41) is 10.3. The highest BCUT2D eigenvalue weighted by Gasteiger charge is 2.59. The zero-order chi connectivity index (χ0) is 25.8. The SMILES string of the molecule is C[C@@H]([C@H]1CC[C@H]2[C@@H]3CC=C4C[C@@H](O)CC[C@]4(C)[C@H]3CC[C@]12C)[C@H]1CC(CCc2ccccc2)=CC(=O)O1. The van der Waals surface area contributed by atoms with E-state index in [2.05, 4.69) is 57.2 Å². The lowest BCUT2D eigenvalue weighted by molar-refractivity contribution is -0.150. The van der Waals surface area contributed by atoms with Crippen molar-refractivity contribution in [2.45, 2.75) is 104 Å². The number of aryl methyl sites for hydroxylation is 1. The van der Waals surface area contributed by atoms with Crippen molar-refractivity contribution in [2.24, 2.45) is 40.4 Å². The number of hydrogen-bond donors (Lipinski definition) is 1. The molecule has 0 bridgehead atoms. The molecule has 0 aromatic heterocycles. The second-order valence-electron chi connectivity index (χ2n) is 13.7. The zero-order valence-corrected chi connectivity index (χ0v) is 23.1. The molecule has 3 nitrogen and oxygen atoms in total. The van der Waals surface area contributed by atoms with Gasteiger partial charge in [-0.05, 0) is 110 Å². The van der Waals surface area contributed by atoms with Crippen molar-refractivity contribution in [3.05, 3.63) is 59.2 Å². The molecule has 4 aliphatic carbocycles. The first-order valence-corrected chi connectivity index (χ1v) is 15.1. The van der Waals surface area contributed by atoms with E-state index in [1.807, 2.05) is 0 Å². The minimum Gasteiger partial charge on any atom is -0.459 e. The van der Waals surface area contributed by atoms with Gasteiger partial charge in [0.05, 0.1) is 6.10 Å². The van der Waals surface area contributed by atoms with Gasteiger partial charge in [0, 0.05) is 12.5 Å². The van der Waals surface area contributed by atoms with Crippen molar-refractivity contribution in [3.8, 4) is 0 Å². The average molecular weight is 503 g/mol. The highest BCUT2D eigenvalue weighted by Crippen LogP contribution is 2.67. The summed E-state index contributed by atoms with van der Waals surface area (Å²) in [5.74, 6) is 3.20. The van der Waals surface area contributed by atoms with Crippen LogP contribution in [0.1, 0.15) is 90.5 Å². The lowest BCUT2D eigenvalue weighted by Gasteiger charge is -2.58. The van der Waals surface area contributed by atoms with Crippen LogP contribution in [0.15, 0.2) is 53.6 Å². The van der Waals surface area contributed by atoms with Crippen LogP contribution in [0.2, 0.25) is 0 Å². The zero-order valence-electron chi connectivity index (χ0n) is 23.1. The van der Waals surface area contributed by atoms with E-state index < -0.39 is 0 Å². The minimum absolute atomic E-state index is 0.0109. The van der Waals surface area contributed by atoms with Crippen LogP contribution in [-0.4, -0.2) is 23.3 Å². The Hall–Kier alpha value is -1.87. The number of carbonyl (C=O) groups is 1. The third-order valence-electron chi connectivity index (χ3n) is 12.0. The Labute approximate surface area is 223 Å². The van der Waals surface area contributed by atoms with Crippen LogP contribution in [0.5, 0.6) is 0 Å². The van der Waals surface area contributed by atoms with Gasteiger partial charge in [0.1, 0.15) is 6.10 Å². The van der Waals surface area contributed by atoms with Gasteiger partial charge in [-0.1, -0.05) is 68.3 Å². The summed E-state index contributed by atoms with van der Waals surface area (Å²) in [6.07, 6.45) is 16.4. The highest BCUT2D eigenvalue weighted by molar-refractivity contribution is 5.83. The van der Waals surface area contributed by atoms with E-state index in [4.69, 9.17) is 4.74 Å². The Morgan fingerprint density at radius 3 is 2.62 bits per heavy atom. The maximum Gasteiger partial charge on any atom is 0.330 e. The maximum atomic E-state index is 12.6. The summed E-state index contributed by atoms with van der Waals surface area (Å²) in [4.78, 5) is 12.6. The number of aliphatic hydroxyl groups is 1. The summed E-state index contributed by atoms with van der Waals surface area (Å²) < 4.78 is 6.02. The number of carbonyl (C=O) groups excluding carboxylic acids is 1. The molecule has 3 saturated carbocycles. The number of ether oxygens (including phenoxy) is 1. The molecule has 1 aliphatic heterocycles. The van der Waals surface area contributed by atoms with Gasteiger partial charge in [-0.25, -0.2) is 4.79 Å². The molecule has 9 atom stereocenters. The number of rotatable bonds is 5. The first-order valence-electron chi connectivity index (χ1n) is 15.1. The molecule has 200 valence electrons. The Morgan fingerprint density at radius 1 is 1.00 bits per heavy atom. The molecule has 3 heteroatoms. The number of aliphatic hydroxyl groups excluding tert-OH is 1. The number of esters is 1. The summed E-state index contributed by atoms with van der Waals surface area (Å²) in [5.41, 5.74) is 4.79. The fourth-order valence-corrected chi connectivity index (χ4v) is 9.93. The topological polar surface area (TPSA) is 46.5 Å². The molecular weight excluding hydrogens is 456 g/mol. The number of benzene rings is 1. The van der Waals surface area contributed by atoms with Crippen molar-refractivity contribution in [1.29, 1.82) is 0 Å². The van der Waals surface area contributed by atoms with Gasteiger partial charge in [0.15, 0.2) is 0 Å². The van der Waals surface area contributed by atoms with Crippen LogP contribution in [0.4, 0.5) is 0 Å². The molecule has 1 aromatic rings. The summed E-state index contributed by atoms with van der Waals surface area (Å²) in [6.45, 7) is 7.49. The second kappa shape index (κ2) is 9.70. The van der Waals surface area contributed by atoms with E-state index in [9.17, 15) is 9.90 Å². The Morgan fingerprint density at radius 2 is 1.81 bits per heavy atom. The van der Waals surface area contributed by atoms with Crippen molar-refractivity contribution < 1.29 is 14.6 Å². The van der Waals surface area contributed by atoms with Crippen molar-refractivity contribution in [1.82, 2.24) is 0 Å². The predicted molar refractivity (Wildman–Crippen MR) is 148 cm³/mol. The molecule has 37 heavy (non-hydrogen) atoms.